The summed E-state index contributed by atoms with van der Waals surface area (Å²) >= 11 is 3.49. The van der Waals surface area contributed by atoms with E-state index in [4.69, 9.17) is 5.73 Å². The summed E-state index contributed by atoms with van der Waals surface area (Å²) in [5.74, 6) is 0. The Hall–Kier alpha value is -1.19. The van der Waals surface area contributed by atoms with Crippen LogP contribution in [-0.2, 0) is 11.8 Å². The molecular weight excluding hydrogens is 324 g/mol. The first-order valence-corrected chi connectivity index (χ1v) is 8.40. The van der Waals surface area contributed by atoms with Crippen LogP contribution in [0, 0.1) is 0 Å². The van der Waals surface area contributed by atoms with Gasteiger partial charge in [0.1, 0.15) is 0 Å². The van der Waals surface area contributed by atoms with Crippen molar-refractivity contribution in [2.75, 3.05) is 0 Å². The molecule has 0 spiro atoms. The first-order valence-electron chi connectivity index (χ1n) is 7.61. The van der Waals surface area contributed by atoms with Crippen molar-refractivity contribution in [2.24, 2.45) is 5.73 Å². The van der Waals surface area contributed by atoms with Crippen molar-refractivity contribution in [3.63, 3.8) is 0 Å². The van der Waals surface area contributed by atoms with E-state index in [1.807, 2.05) is 12.4 Å². The molecule has 1 fully saturated rings. The SMILES string of the molecule is NC(Cc1cncc(Br)c1)C1(c2ccccc2)CCCC1. The number of hydrogen-bond donors (Lipinski definition) is 1. The Balaban J connectivity index is 1.87. The number of benzene rings is 1. The Labute approximate surface area is 134 Å². The van der Waals surface area contributed by atoms with Gasteiger partial charge in [0.2, 0.25) is 0 Å². The van der Waals surface area contributed by atoms with E-state index in [1.165, 1.54) is 36.8 Å². The molecule has 1 aromatic carbocycles. The molecule has 1 atom stereocenters. The largest absolute Gasteiger partial charge is 0.327 e. The van der Waals surface area contributed by atoms with Crippen molar-refractivity contribution >= 4 is 15.9 Å². The van der Waals surface area contributed by atoms with Gasteiger partial charge in [0.25, 0.3) is 0 Å². The van der Waals surface area contributed by atoms with Crippen molar-refractivity contribution in [3.05, 3.63) is 64.4 Å². The lowest BCUT2D eigenvalue weighted by atomic mass is 9.71. The maximum atomic E-state index is 6.69. The molecule has 0 aliphatic heterocycles. The molecule has 1 aliphatic carbocycles. The quantitative estimate of drug-likeness (QED) is 0.901. The first kappa shape index (κ1) is 14.7. The van der Waals surface area contributed by atoms with Crippen LogP contribution in [0.25, 0.3) is 0 Å². The highest BCUT2D eigenvalue weighted by Gasteiger charge is 2.40. The van der Waals surface area contributed by atoms with E-state index in [0.29, 0.717) is 0 Å². The van der Waals surface area contributed by atoms with Crippen molar-refractivity contribution in [1.82, 2.24) is 4.98 Å². The van der Waals surface area contributed by atoms with Gasteiger partial charge in [0.05, 0.1) is 0 Å². The topological polar surface area (TPSA) is 38.9 Å². The summed E-state index contributed by atoms with van der Waals surface area (Å²) in [6.07, 6.45) is 9.56. The third kappa shape index (κ3) is 3.04. The first-order chi connectivity index (χ1) is 10.2. The minimum atomic E-state index is 0.129. The van der Waals surface area contributed by atoms with Crippen molar-refractivity contribution in [3.8, 4) is 0 Å². The molecule has 1 saturated carbocycles. The number of hydrogen-bond acceptors (Lipinski definition) is 2. The summed E-state index contributed by atoms with van der Waals surface area (Å²) in [4.78, 5) is 4.26. The van der Waals surface area contributed by atoms with Gasteiger partial charge in [0, 0.05) is 28.3 Å². The van der Waals surface area contributed by atoms with E-state index in [9.17, 15) is 0 Å². The normalized spacial score (nSPS) is 18.6. The van der Waals surface area contributed by atoms with E-state index in [2.05, 4.69) is 57.3 Å². The molecule has 2 aromatic rings. The molecule has 110 valence electrons. The summed E-state index contributed by atoms with van der Waals surface area (Å²) in [6, 6.07) is 13.1. The standard InChI is InChI=1S/C18H21BrN2/c19-16-10-14(12-21-13-16)11-17(20)18(8-4-5-9-18)15-6-2-1-3-7-15/h1-3,6-7,10,12-13,17H,4-5,8-9,11,20H2. The molecule has 0 saturated heterocycles. The van der Waals surface area contributed by atoms with Crippen LogP contribution in [0.2, 0.25) is 0 Å². The Morgan fingerprint density at radius 2 is 1.86 bits per heavy atom. The number of nitrogens with two attached hydrogens (primary N) is 1. The summed E-state index contributed by atoms with van der Waals surface area (Å²) < 4.78 is 1.02. The second-order valence-corrected chi connectivity index (χ2v) is 6.97. The average molecular weight is 345 g/mol. The lowest BCUT2D eigenvalue weighted by Crippen LogP contribution is -2.45. The molecule has 0 bridgehead atoms. The summed E-state index contributed by atoms with van der Waals surface area (Å²) in [5.41, 5.74) is 9.42. The second-order valence-electron chi connectivity index (χ2n) is 6.05. The van der Waals surface area contributed by atoms with Gasteiger partial charge >= 0.3 is 0 Å². The Morgan fingerprint density at radius 1 is 1.14 bits per heavy atom. The maximum absolute atomic E-state index is 6.69. The maximum Gasteiger partial charge on any atom is 0.0410 e. The Bertz CT molecular complexity index is 591. The predicted molar refractivity (Wildman–Crippen MR) is 90.2 cm³/mol. The number of nitrogens with zero attached hydrogens (tertiary/aromatic N) is 1. The van der Waals surface area contributed by atoms with Crippen molar-refractivity contribution in [1.29, 1.82) is 0 Å². The molecule has 0 radical (unpaired) electrons. The van der Waals surface area contributed by atoms with Crippen molar-refractivity contribution < 1.29 is 0 Å². The number of aromatic nitrogens is 1. The summed E-state index contributed by atoms with van der Waals surface area (Å²) in [6.45, 7) is 0. The van der Waals surface area contributed by atoms with Gasteiger partial charge < -0.3 is 5.73 Å². The van der Waals surface area contributed by atoms with E-state index < -0.39 is 0 Å². The molecule has 0 amide bonds. The van der Waals surface area contributed by atoms with Crippen LogP contribution in [0.15, 0.2) is 53.3 Å². The molecule has 2 N–H and O–H groups in total. The Kier molecular flexibility index (Phi) is 4.41. The lowest BCUT2D eigenvalue weighted by molar-refractivity contribution is 0.347. The van der Waals surface area contributed by atoms with Gasteiger partial charge in [-0.25, -0.2) is 0 Å². The summed E-state index contributed by atoms with van der Waals surface area (Å²) in [7, 11) is 0. The van der Waals surface area contributed by atoms with Crippen LogP contribution in [0.4, 0.5) is 0 Å². The highest BCUT2D eigenvalue weighted by molar-refractivity contribution is 9.10. The second kappa shape index (κ2) is 6.29. The van der Waals surface area contributed by atoms with Crippen LogP contribution in [0.5, 0.6) is 0 Å². The van der Waals surface area contributed by atoms with Gasteiger partial charge in [-0.3, -0.25) is 4.98 Å². The Morgan fingerprint density at radius 3 is 2.52 bits per heavy atom. The number of rotatable bonds is 4. The van der Waals surface area contributed by atoms with Gasteiger partial charge in [-0.15, -0.1) is 0 Å². The van der Waals surface area contributed by atoms with Crippen LogP contribution < -0.4 is 5.73 Å². The third-order valence-corrected chi connectivity index (χ3v) is 5.21. The van der Waals surface area contributed by atoms with Gasteiger partial charge in [-0.1, -0.05) is 43.2 Å². The zero-order valence-corrected chi connectivity index (χ0v) is 13.7. The molecule has 1 aliphatic rings. The fourth-order valence-electron chi connectivity index (χ4n) is 3.67. The number of halogens is 1. The molecule has 21 heavy (non-hydrogen) atoms. The van der Waals surface area contributed by atoms with E-state index in [-0.39, 0.29) is 11.5 Å². The fraction of sp³-hybridized carbons (Fsp3) is 0.389. The smallest absolute Gasteiger partial charge is 0.0410 e. The van der Waals surface area contributed by atoms with Gasteiger partial charge in [-0.05, 0) is 52.4 Å². The van der Waals surface area contributed by atoms with E-state index in [0.717, 1.165) is 10.9 Å². The number of pyridine rings is 1. The summed E-state index contributed by atoms with van der Waals surface area (Å²) in [5, 5.41) is 0. The fourth-order valence-corrected chi connectivity index (χ4v) is 4.08. The molecule has 1 heterocycles. The molecule has 3 rings (SSSR count). The molecule has 3 heteroatoms. The average Bonchev–Trinajstić information content (AvgIpc) is 2.99. The molecule has 2 nitrogen and oxygen atoms in total. The van der Waals surface area contributed by atoms with Crippen LogP contribution in [0.3, 0.4) is 0 Å². The zero-order chi connectivity index (χ0) is 14.7. The zero-order valence-electron chi connectivity index (χ0n) is 12.1. The van der Waals surface area contributed by atoms with Gasteiger partial charge in [-0.2, -0.15) is 0 Å². The predicted octanol–water partition coefficient (Wildman–Crippen LogP) is 4.23. The van der Waals surface area contributed by atoms with Crippen LogP contribution >= 0.6 is 15.9 Å². The van der Waals surface area contributed by atoms with Gasteiger partial charge in [0.15, 0.2) is 0 Å². The minimum absolute atomic E-state index is 0.129. The monoisotopic (exact) mass is 344 g/mol. The third-order valence-electron chi connectivity index (χ3n) is 4.77. The van der Waals surface area contributed by atoms with Crippen molar-refractivity contribution in [2.45, 2.75) is 43.6 Å². The highest BCUT2D eigenvalue weighted by atomic mass is 79.9. The molecule has 1 aromatic heterocycles. The van der Waals surface area contributed by atoms with E-state index in [1.54, 1.807) is 0 Å². The minimum Gasteiger partial charge on any atom is -0.327 e. The molecular formula is C18H21BrN2. The van der Waals surface area contributed by atoms with Crippen LogP contribution in [-0.4, -0.2) is 11.0 Å². The lowest BCUT2D eigenvalue weighted by Gasteiger charge is -2.36. The highest BCUT2D eigenvalue weighted by Crippen LogP contribution is 2.43. The van der Waals surface area contributed by atoms with Crippen LogP contribution in [0.1, 0.15) is 36.8 Å². The molecule has 1 unspecified atom stereocenters. The van der Waals surface area contributed by atoms with E-state index >= 15 is 0 Å².